The van der Waals surface area contributed by atoms with Crippen molar-refractivity contribution in [2.75, 3.05) is 5.01 Å². The van der Waals surface area contributed by atoms with Crippen LogP contribution < -0.4 is 20.8 Å². The van der Waals surface area contributed by atoms with Crippen molar-refractivity contribution in [3.05, 3.63) is 93.0 Å². The molecule has 0 fully saturated rings. The fraction of sp³-hybridized carbons (Fsp3) is 0.0455. The number of rotatable bonds is 5. The van der Waals surface area contributed by atoms with E-state index in [0.29, 0.717) is 5.56 Å². The van der Waals surface area contributed by atoms with Crippen LogP contribution in [0.4, 0.5) is 14.9 Å². The predicted octanol–water partition coefficient (Wildman–Crippen LogP) is 4.45. The van der Waals surface area contributed by atoms with Crippen LogP contribution in [0.2, 0.25) is 10.0 Å². The Labute approximate surface area is 201 Å². The Morgan fingerprint density at radius 1 is 1.18 bits per heavy atom. The second-order valence-corrected chi connectivity index (χ2v) is 7.76. The maximum absolute atomic E-state index is 13.1. The van der Waals surface area contributed by atoms with E-state index in [0.717, 1.165) is 5.01 Å². The zero-order chi connectivity index (χ0) is 24.4. The van der Waals surface area contributed by atoms with Crippen molar-refractivity contribution < 1.29 is 13.9 Å². The number of ether oxygens (including phenoxy) is 1. The van der Waals surface area contributed by atoms with E-state index in [1.54, 1.807) is 12.1 Å². The van der Waals surface area contributed by atoms with Gasteiger partial charge < -0.3 is 10.1 Å². The van der Waals surface area contributed by atoms with Gasteiger partial charge in [-0.2, -0.15) is 20.4 Å². The van der Waals surface area contributed by atoms with Crippen molar-refractivity contribution >= 4 is 40.6 Å². The summed E-state index contributed by atoms with van der Waals surface area (Å²) in [6.07, 6.45) is 2.61. The number of carbonyl (C=O) groups is 1. The number of amides is 2. The molecule has 0 atom stereocenters. The van der Waals surface area contributed by atoms with Crippen molar-refractivity contribution in [1.82, 2.24) is 14.9 Å². The Bertz CT molecular complexity index is 1420. The number of benzene rings is 2. The lowest BCUT2D eigenvalue weighted by Gasteiger charge is -2.24. The first-order chi connectivity index (χ1) is 16.2. The first-order valence-corrected chi connectivity index (χ1v) is 10.3. The summed E-state index contributed by atoms with van der Waals surface area (Å²) in [5.41, 5.74) is 0.320. The lowest BCUT2D eigenvalue weighted by Crippen LogP contribution is -2.42. The van der Waals surface area contributed by atoms with Crippen molar-refractivity contribution in [3.63, 3.8) is 0 Å². The summed E-state index contributed by atoms with van der Waals surface area (Å²) in [7, 11) is 0. The molecule has 170 valence electrons. The van der Waals surface area contributed by atoms with Gasteiger partial charge in [0.15, 0.2) is 17.2 Å². The van der Waals surface area contributed by atoms with Crippen LogP contribution in [0.5, 0.6) is 11.5 Å². The summed E-state index contributed by atoms with van der Waals surface area (Å²) in [5, 5.41) is 16.5. The average Bonchev–Trinajstić information content (AvgIpc) is 2.80. The molecule has 1 aliphatic heterocycles. The minimum absolute atomic E-state index is 0.0321. The molecule has 1 N–H and O–H groups in total. The SMILES string of the molecule is C=C1NC(=O)N(c2cc(Cl)c(Oc3cnc(=O)n(Cc4ccc(F)cc4)c3)c(Cl)c2)N=C1C#N. The number of nitriles is 1. The van der Waals surface area contributed by atoms with Gasteiger partial charge in [-0.3, -0.25) is 4.57 Å². The predicted molar refractivity (Wildman–Crippen MR) is 124 cm³/mol. The summed E-state index contributed by atoms with van der Waals surface area (Å²) in [5.74, 6) is -0.178. The summed E-state index contributed by atoms with van der Waals surface area (Å²) in [4.78, 5) is 28.2. The van der Waals surface area contributed by atoms with Gasteiger partial charge in [-0.1, -0.05) is 41.9 Å². The second kappa shape index (κ2) is 9.35. The molecule has 34 heavy (non-hydrogen) atoms. The van der Waals surface area contributed by atoms with Gasteiger partial charge in [0.1, 0.15) is 11.9 Å². The molecule has 0 saturated carbocycles. The molecule has 1 aromatic heterocycles. The molecule has 0 radical (unpaired) electrons. The third-order valence-electron chi connectivity index (χ3n) is 4.59. The molecule has 0 bridgehead atoms. The van der Waals surface area contributed by atoms with E-state index in [2.05, 4.69) is 22.0 Å². The molecule has 0 unspecified atom stereocenters. The maximum Gasteiger partial charge on any atom is 0.348 e. The minimum atomic E-state index is -0.651. The van der Waals surface area contributed by atoms with Crippen molar-refractivity contribution in [2.45, 2.75) is 6.54 Å². The first-order valence-electron chi connectivity index (χ1n) is 9.52. The Morgan fingerprint density at radius 3 is 2.50 bits per heavy atom. The van der Waals surface area contributed by atoms with Crippen LogP contribution in [0.15, 0.2) is 71.0 Å². The Balaban J connectivity index is 1.62. The summed E-state index contributed by atoms with van der Waals surface area (Å²) in [6, 6.07) is 9.60. The van der Waals surface area contributed by atoms with Gasteiger partial charge in [0, 0.05) is 0 Å². The van der Waals surface area contributed by atoms with E-state index in [1.165, 1.54) is 41.2 Å². The van der Waals surface area contributed by atoms with Crippen LogP contribution in [0, 0.1) is 17.1 Å². The standard InChI is InChI=1S/C22H13Cl2FN6O3/c1-12-19(8-26)29-31(22(33)28-12)15-6-17(23)20(18(24)7-15)34-16-9-27-21(32)30(11-16)10-13-2-4-14(25)5-3-13/h2-7,9,11H,1,10H2,(H,28,33). The number of aromatic nitrogens is 2. The highest BCUT2D eigenvalue weighted by Crippen LogP contribution is 2.40. The van der Waals surface area contributed by atoms with Gasteiger partial charge in [0.25, 0.3) is 0 Å². The van der Waals surface area contributed by atoms with Gasteiger partial charge >= 0.3 is 11.7 Å². The van der Waals surface area contributed by atoms with Crippen LogP contribution in [-0.2, 0) is 6.54 Å². The molecule has 3 aromatic rings. The van der Waals surface area contributed by atoms with Crippen LogP contribution in [0.25, 0.3) is 0 Å². The number of hydrazone groups is 1. The molecule has 4 rings (SSSR count). The Hall–Kier alpha value is -4.20. The zero-order valence-electron chi connectivity index (χ0n) is 17.1. The zero-order valence-corrected chi connectivity index (χ0v) is 18.6. The number of hydrogen-bond acceptors (Lipinski definition) is 6. The molecular formula is C22H13Cl2FN6O3. The normalized spacial score (nSPS) is 13.2. The molecule has 2 amide bonds. The number of halogens is 3. The molecule has 0 aliphatic carbocycles. The number of allylic oxidation sites excluding steroid dienone is 1. The van der Waals surface area contributed by atoms with Crippen LogP contribution in [0.1, 0.15) is 5.56 Å². The van der Waals surface area contributed by atoms with Gasteiger partial charge in [-0.25, -0.2) is 14.0 Å². The molecule has 0 saturated heterocycles. The summed E-state index contributed by atoms with van der Waals surface area (Å²) in [6.45, 7) is 3.69. The van der Waals surface area contributed by atoms with Gasteiger partial charge in [-0.05, 0) is 29.8 Å². The van der Waals surface area contributed by atoms with E-state index in [-0.39, 0.29) is 51.0 Å². The summed E-state index contributed by atoms with van der Waals surface area (Å²) >= 11 is 12.7. The third kappa shape index (κ3) is 4.76. The quantitative estimate of drug-likeness (QED) is 0.558. The Morgan fingerprint density at radius 2 is 1.85 bits per heavy atom. The molecule has 0 spiro atoms. The van der Waals surface area contributed by atoms with E-state index in [9.17, 15) is 14.0 Å². The smallest absolute Gasteiger partial charge is 0.348 e. The molecular weight excluding hydrogens is 486 g/mol. The molecule has 2 aromatic carbocycles. The third-order valence-corrected chi connectivity index (χ3v) is 5.15. The molecule has 9 nitrogen and oxygen atoms in total. The monoisotopic (exact) mass is 498 g/mol. The largest absolute Gasteiger partial charge is 0.451 e. The first kappa shape index (κ1) is 23.0. The topological polar surface area (TPSA) is 113 Å². The number of nitrogens with zero attached hydrogens (tertiary/aromatic N) is 5. The summed E-state index contributed by atoms with van der Waals surface area (Å²) < 4.78 is 20.2. The number of urea groups is 1. The fourth-order valence-corrected chi connectivity index (χ4v) is 3.54. The van der Waals surface area contributed by atoms with Crippen LogP contribution in [0.3, 0.4) is 0 Å². The van der Waals surface area contributed by atoms with E-state index < -0.39 is 11.7 Å². The number of nitrogens with one attached hydrogen (secondary N) is 1. The molecule has 12 heteroatoms. The molecule has 2 heterocycles. The number of anilines is 1. The number of carbonyl (C=O) groups excluding carboxylic acids is 1. The average molecular weight is 499 g/mol. The van der Waals surface area contributed by atoms with Crippen LogP contribution >= 0.6 is 23.2 Å². The fourth-order valence-electron chi connectivity index (χ4n) is 2.98. The lowest BCUT2D eigenvalue weighted by atomic mass is 10.2. The van der Waals surface area contributed by atoms with Crippen molar-refractivity contribution in [3.8, 4) is 17.6 Å². The minimum Gasteiger partial charge on any atom is -0.451 e. The van der Waals surface area contributed by atoms with Gasteiger partial charge in [-0.15, -0.1) is 0 Å². The van der Waals surface area contributed by atoms with Crippen molar-refractivity contribution in [1.29, 1.82) is 5.26 Å². The molecule has 1 aliphatic rings. The number of hydrogen-bond donors (Lipinski definition) is 1. The highest BCUT2D eigenvalue weighted by molar-refractivity contribution is 6.37. The van der Waals surface area contributed by atoms with Crippen molar-refractivity contribution in [2.24, 2.45) is 5.10 Å². The Kier molecular flexibility index (Phi) is 6.32. The van der Waals surface area contributed by atoms with E-state index in [4.69, 9.17) is 33.2 Å². The highest BCUT2D eigenvalue weighted by Gasteiger charge is 2.26. The highest BCUT2D eigenvalue weighted by atomic mass is 35.5. The maximum atomic E-state index is 13.1. The van der Waals surface area contributed by atoms with Crippen LogP contribution in [-0.4, -0.2) is 21.3 Å². The van der Waals surface area contributed by atoms with Gasteiger partial charge in [0.2, 0.25) is 0 Å². The van der Waals surface area contributed by atoms with E-state index in [1.807, 2.05) is 6.07 Å². The van der Waals surface area contributed by atoms with Gasteiger partial charge in [0.05, 0.1) is 40.4 Å². The lowest BCUT2D eigenvalue weighted by molar-refractivity contribution is 0.248. The van der Waals surface area contributed by atoms with E-state index >= 15 is 0 Å². The second-order valence-electron chi connectivity index (χ2n) is 6.95.